The molecular formula is C17H29NO4. The maximum absolute atomic E-state index is 11.6. The van der Waals surface area contributed by atoms with Crippen molar-refractivity contribution in [3.63, 3.8) is 0 Å². The fraction of sp³-hybridized carbons (Fsp3) is 0.706. The second kappa shape index (κ2) is 9.77. The van der Waals surface area contributed by atoms with Gasteiger partial charge in [-0.25, -0.2) is 0 Å². The average molecular weight is 311 g/mol. The summed E-state index contributed by atoms with van der Waals surface area (Å²) in [5, 5.41) is 10.4. The number of amides is 1. The van der Waals surface area contributed by atoms with E-state index in [-0.39, 0.29) is 17.9 Å². The maximum atomic E-state index is 11.6. The van der Waals surface area contributed by atoms with E-state index < -0.39 is 6.10 Å². The van der Waals surface area contributed by atoms with Crippen molar-refractivity contribution in [3.05, 3.63) is 23.8 Å². The van der Waals surface area contributed by atoms with Crippen LogP contribution in [0.2, 0.25) is 0 Å². The summed E-state index contributed by atoms with van der Waals surface area (Å²) < 4.78 is 11.0. The fourth-order valence-electron chi connectivity index (χ4n) is 2.52. The van der Waals surface area contributed by atoms with Gasteiger partial charge in [-0.2, -0.15) is 0 Å². The molecule has 5 nitrogen and oxygen atoms in total. The molecule has 0 aliphatic carbocycles. The van der Waals surface area contributed by atoms with Crippen LogP contribution in [-0.2, 0) is 14.3 Å². The first kappa shape index (κ1) is 18.9. The summed E-state index contributed by atoms with van der Waals surface area (Å²) >= 11 is 0. The molecule has 3 atom stereocenters. The van der Waals surface area contributed by atoms with E-state index in [1.54, 1.807) is 18.9 Å². The third kappa shape index (κ3) is 6.30. The highest BCUT2D eigenvalue weighted by Gasteiger charge is 2.21. The van der Waals surface area contributed by atoms with Gasteiger partial charge < -0.3 is 19.5 Å². The van der Waals surface area contributed by atoms with Crippen molar-refractivity contribution in [2.24, 2.45) is 5.92 Å². The Balaban J connectivity index is 2.83. The molecule has 0 bridgehead atoms. The molecule has 0 radical (unpaired) electrons. The van der Waals surface area contributed by atoms with Crippen LogP contribution in [-0.4, -0.2) is 61.5 Å². The first-order chi connectivity index (χ1) is 10.5. The minimum atomic E-state index is -0.608. The van der Waals surface area contributed by atoms with Crippen LogP contribution in [0, 0.1) is 5.92 Å². The number of aliphatic hydroxyl groups is 1. The van der Waals surface area contributed by atoms with E-state index in [1.165, 1.54) is 0 Å². The van der Waals surface area contributed by atoms with E-state index in [1.807, 2.05) is 32.1 Å². The Hall–Kier alpha value is -1.17. The van der Waals surface area contributed by atoms with Crippen LogP contribution < -0.4 is 0 Å². The highest BCUT2D eigenvalue weighted by atomic mass is 16.5. The van der Waals surface area contributed by atoms with Crippen molar-refractivity contribution in [2.75, 3.05) is 33.4 Å². The number of hydrogen-bond acceptors (Lipinski definition) is 4. The Bertz CT molecular complexity index is 405. The maximum Gasteiger partial charge on any atom is 0.219 e. The van der Waals surface area contributed by atoms with E-state index in [0.29, 0.717) is 26.3 Å². The van der Waals surface area contributed by atoms with Crippen molar-refractivity contribution in [1.29, 1.82) is 0 Å². The van der Waals surface area contributed by atoms with Gasteiger partial charge in [-0.15, -0.1) is 0 Å². The molecule has 3 unspecified atom stereocenters. The summed E-state index contributed by atoms with van der Waals surface area (Å²) in [4.78, 5) is 13.4. The number of methoxy groups -OCH3 is 1. The molecule has 0 saturated heterocycles. The second-order valence-corrected chi connectivity index (χ2v) is 5.84. The quantitative estimate of drug-likeness (QED) is 0.750. The van der Waals surface area contributed by atoms with Gasteiger partial charge in [0.1, 0.15) is 6.10 Å². The van der Waals surface area contributed by atoms with Crippen LogP contribution in [0.25, 0.3) is 0 Å². The molecule has 1 amide bonds. The summed E-state index contributed by atoms with van der Waals surface area (Å²) in [6.45, 7) is 7.80. The second-order valence-electron chi connectivity index (χ2n) is 5.84. The highest BCUT2D eigenvalue weighted by molar-refractivity contribution is 5.73. The molecular weight excluding hydrogens is 282 g/mol. The van der Waals surface area contributed by atoms with Crippen molar-refractivity contribution >= 4 is 5.91 Å². The zero-order valence-corrected chi connectivity index (χ0v) is 14.1. The van der Waals surface area contributed by atoms with Gasteiger partial charge >= 0.3 is 0 Å². The van der Waals surface area contributed by atoms with E-state index in [4.69, 9.17) is 9.47 Å². The summed E-state index contributed by atoms with van der Waals surface area (Å²) in [7, 11) is 1.59. The van der Waals surface area contributed by atoms with Gasteiger partial charge in [0.15, 0.2) is 0 Å². The SMILES string of the molecule is COC1C=CCCN(C(C)=O)CCOCC(C)=CC(C)C1O. The first-order valence-electron chi connectivity index (χ1n) is 7.83. The normalized spacial score (nSPS) is 28.9. The number of nitrogens with zero attached hydrogens (tertiary/aromatic N) is 1. The van der Waals surface area contributed by atoms with Gasteiger partial charge in [0.05, 0.1) is 19.3 Å². The summed E-state index contributed by atoms with van der Waals surface area (Å²) in [6.07, 6.45) is 5.62. The molecule has 0 saturated carbocycles. The fourth-order valence-corrected chi connectivity index (χ4v) is 2.52. The predicted octanol–water partition coefficient (Wildman–Crippen LogP) is 1.77. The molecule has 22 heavy (non-hydrogen) atoms. The van der Waals surface area contributed by atoms with Gasteiger partial charge in [-0.05, 0) is 13.3 Å². The molecule has 1 N–H and O–H groups in total. The molecule has 0 aromatic carbocycles. The number of aliphatic hydroxyl groups excluding tert-OH is 1. The van der Waals surface area contributed by atoms with Gasteiger partial charge in [-0.3, -0.25) is 4.79 Å². The minimum absolute atomic E-state index is 0.0186. The Kier molecular flexibility index (Phi) is 8.38. The van der Waals surface area contributed by atoms with Crippen LogP contribution in [0.3, 0.4) is 0 Å². The molecule has 1 heterocycles. The Morgan fingerprint density at radius 3 is 2.82 bits per heavy atom. The zero-order valence-electron chi connectivity index (χ0n) is 14.1. The topological polar surface area (TPSA) is 59.0 Å². The molecule has 0 aromatic heterocycles. The summed E-state index contributed by atoms with van der Waals surface area (Å²) in [6, 6.07) is 0. The summed E-state index contributed by atoms with van der Waals surface area (Å²) in [5.41, 5.74) is 1.07. The van der Waals surface area contributed by atoms with E-state index in [0.717, 1.165) is 12.0 Å². The lowest BCUT2D eigenvalue weighted by molar-refractivity contribution is -0.129. The first-order valence-corrected chi connectivity index (χ1v) is 7.83. The standard InChI is InChI=1S/C17H29NO4/c1-13-11-14(2)17(20)16(21-4)7-5-6-8-18(15(3)19)9-10-22-12-13/h5,7,11,14,16-17,20H,6,8-10,12H2,1-4H3. The summed E-state index contributed by atoms with van der Waals surface area (Å²) in [5.74, 6) is 0.0307. The van der Waals surface area contributed by atoms with Crippen LogP contribution in [0.1, 0.15) is 27.2 Å². The van der Waals surface area contributed by atoms with Crippen molar-refractivity contribution in [3.8, 4) is 0 Å². The number of carbonyl (C=O) groups is 1. The van der Waals surface area contributed by atoms with Crippen molar-refractivity contribution < 1.29 is 19.4 Å². The molecule has 1 aliphatic heterocycles. The predicted molar refractivity (Wildman–Crippen MR) is 86.6 cm³/mol. The molecule has 126 valence electrons. The third-order valence-electron chi connectivity index (χ3n) is 3.87. The molecule has 0 spiro atoms. The van der Waals surface area contributed by atoms with Gasteiger partial charge in [0.25, 0.3) is 0 Å². The highest BCUT2D eigenvalue weighted by Crippen LogP contribution is 2.15. The third-order valence-corrected chi connectivity index (χ3v) is 3.87. The van der Waals surface area contributed by atoms with Gasteiger partial charge in [-0.1, -0.05) is 30.7 Å². The molecule has 1 rings (SSSR count). The van der Waals surface area contributed by atoms with Gasteiger partial charge in [0.2, 0.25) is 5.91 Å². The van der Waals surface area contributed by atoms with Crippen LogP contribution >= 0.6 is 0 Å². The minimum Gasteiger partial charge on any atom is -0.389 e. The molecule has 0 aromatic rings. The Morgan fingerprint density at radius 1 is 1.45 bits per heavy atom. The number of ether oxygens (including phenoxy) is 2. The van der Waals surface area contributed by atoms with Crippen molar-refractivity contribution in [2.45, 2.75) is 39.4 Å². The van der Waals surface area contributed by atoms with Gasteiger partial charge in [0, 0.05) is 33.0 Å². The monoisotopic (exact) mass is 311 g/mol. The number of rotatable bonds is 1. The molecule has 5 heteroatoms. The van der Waals surface area contributed by atoms with Crippen molar-refractivity contribution in [1.82, 2.24) is 4.90 Å². The van der Waals surface area contributed by atoms with E-state index in [2.05, 4.69) is 0 Å². The number of carbonyl (C=O) groups excluding carboxylic acids is 1. The van der Waals surface area contributed by atoms with Crippen LogP contribution in [0.4, 0.5) is 0 Å². The zero-order chi connectivity index (χ0) is 16.5. The lowest BCUT2D eigenvalue weighted by Gasteiger charge is -2.24. The Labute approximate surface area is 133 Å². The number of hydrogen-bond donors (Lipinski definition) is 1. The molecule has 0 fully saturated rings. The largest absolute Gasteiger partial charge is 0.389 e. The van der Waals surface area contributed by atoms with Crippen LogP contribution in [0.5, 0.6) is 0 Å². The average Bonchev–Trinajstić information content (AvgIpc) is 2.47. The lowest BCUT2D eigenvalue weighted by Crippen LogP contribution is -2.34. The smallest absolute Gasteiger partial charge is 0.219 e. The van der Waals surface area contributed by atoms with Crippen LogP contribution in [0.15, 0.2) is 23.8 Å². The molecule has 1 aliphatic rings. The van der Waals surface area contributed by atoms with E-state index >= 15 is 0 Å². The Morgan fingerprint density at radius 2 is 2.18 bits per heavy atom. The van der Waals surface area contributed by atoms with E-state index in [9.17, 15) is 9.90 Å². The lowest BCUT2D eigenvalue weighted by atomic mass is 9.97.